The molecule has 0 aliphatic rings. The number of hydrogen-bond acceptors (Lipinski definition) is 3. The lowest BCUT2D eigenvalue weighted by Gasteiger charge is -2.06. The van der Waals surface area contributed by atoms with Gasteiger partial charge in [0.25, 0.3) is 0 Å². The number of nitrogens with zero attached hydrogens (tertiary/aromatic N) is 3. The zero-order chi connectivity index (χ0) is 20.3. The molecule has 0 spiro atoms. The normalized spacial score (nSPS) is 11.0. The Morgan fingerprint density at radius 1 is 0.552 bits per heavy atom. The average molecular weight is 388 g/mol. The van der Waals surface area contributed by atoms with Crippen molar-refractivity contribution < 1.29 is 0 Å². The maximum atomic E-state index is 4.64. The number of pyridine rings is 1. The van der Waals surface area contributed by atoms with Gasteiger partial charge in [0.15, 0.2) is 5.82 Å². The van der Waals surface area contributed by atoms with Crippen LogP contribution in [0.15, 0.2) is 55.0 Å². The van der Waals surface area contributed by atoms with Crippen LogP contribution in [0.3, 0.4) is 0 Å². The highest BCUT2D eigenvalue weighted by molar-refractivity contribution is 5.63. The summed E-state index contributed by atoms with van der Waals surface area (Å²) < 4.78 is 0. The highest BCUT2D eigenvalue weighted by Crippen LogP contribution is 2.21. The van der Waals surface area contributed by atoms with Crippen molar-refractivity contribution >= 4 is 0 Å². The number of rotatable bonds is 11. The second-order valence-electron chi connectivity index (χ2n) is 7.81. The fourth-order valence-electron chi connectivity index (χ4n) is 3.49. The van der Waals surface area contributed by atoms with E-state index in [1.807, 2.05) is 18.6 Å². The van der Waals surface area contributed by atoms with E-state index in [1.54, 1.807) is 0 Å². The number of aromatic nitrogens is 3. The lowest BCUT2D eigenvalue weighted by Crippen LogP contribution is -1.94. The maximum absolute atomic E-state index is 4.64. The van der Waals surface area contributed by atoms with Crippen LogP contribution in [0.1, 0.15) is 69.9 Å². The van der Waals surface area contributed by atoms with Crippen LogP contribution in [-0.4, -0.2) is 15.0 Å². The molecule has 29 heavy (non-hydrogen) atoms. The summed E-state index contributed by atoms with van der Waals surface area (Å²) in [5.74, 6) is 0.744. The van der Waals surface area contributed by atoms with Crippen LogP contribution in [-0.2, 0) is 12.8 Å². The third kappa shape index (κ3) is 6.49. The first kappa shape index (κ1) is 21.2. The third-order valence-electron chi connectivity index (χ3n) is 5.36. The molecular formula is C26H33N3. The predicted molar refractivity (Wildman–Crippen MR) is 122 cm³/mol. The van der Waals surface area contributed by atoms with E-state index in [4.69, 9.17) is 0 Å². The van der Waals surface area contributed by atoms with Gasteiger partial charge < -0.3 is 0 Å². The topological polar surface area (TPSA) is 38.7 Å². The standard InChI is InChI=1S/C26H33N3/c1-3-5-7-8-9-11-22-18-28-26(29-19-22)24-16-17-25(27-20-24)23-14-12-21(13-15-23)10-6-4-2/h12-20H,3-11H2,1-2H3. The van der Waals surface area contributed by atoms with E-state index in [0.717, 1.165) is 35.5 Å². The van der Waals surface area contributed by atoms with Crippen molar-refractivity contribution in [1.82, 2.24) is 15.0 Å². The molecule has 1 aromatic carbocycles. The van der Waals surface area contributed by atoms with E-state index in [-0.39, 0.29) is 0 Å². The van der Waals surface area contributed by atoms with Crippen molar-refractivity contribution in [3.63, 3.8) is 0 Å². The largest absolute Gasteiger partial charge is 0.255 e. The molecule has 0 radical (unpaired) electrons. The Hall–Kier alpha value is -2.55. The Morgan fingerprint density at radius 2 is 1.21 bits per heavy atom. The molecule has 3 rings (SSSR count). The van der Waals surface area contributed by atoms with Gasteiger partial charge in [-0.15, -0.1) is 0 Å². The lowest BCUT2D eigenvalue weighted by atomic mass is 10.0. The van der Waals surface area contributed by atoms with E-state index >= 15 is 0 Å². The zero-order valence-electron chi connectivity index (χ0n) is 17.9. The summed E-state index contributed by atoms with van der Waals surface area (Å²) in [6.45, 7) is 4.48. The van der Waals surface area contributed by atoms with Crippen molar-refractivity contribution in [2.75, 3.05) is 0 Å². The van der Waals surface area contributed by atoms with Crippen molar-refractivity contribution in [2.24, 2.45) is 0 Å². The molecular weight excluding hydrogens is 354 g/mol. The predicted octanol–water partition coefficient (Wildman–Crippen LogP) is 7.06. The highest BCUT2D eigenvalue weighted by Gasteiger charge is 2.05. The molecule has 0 amide bonds. The number of aryl methyl sites for hydroxylation is 2. The number of unbranched alkanes of at least 4 members (excludes halogenated alkanes) is 5. The van der Waals surface area contributed by atoms with Crippen molar-refractivity contribution in [1.29, 1.82) is 0 Å². The summed E-state index contributed by atoms with van der Waals surface area (Å²) in [6.07, 6.45) is 16.9. The second kappa shape index (κ2) is 11.5. The molecule has 0 bridgehead atoms. The Balaban J connectivity index is 1.58. The average Bonchev–Trinajstić information content (AvgIpc) is 2.78. The van der Waals surface area contributed by atoms with Crippen LogP contribution in [0, 0.1) is 0 Å². The van der Waals surface area contributed by atoms with E-state index in [9.17, 15) is 0 Å². The molecule has 0 atom stereocenters. The summed E-state index contributed by atoms with van der Waals surface area (Å²) in [4.78, 5) is 13.7. The van der Waals surface area contributed by atoms with Crippen LogP contribution in [0.5, 0.6) is 0 Å². The van der Waals surface area contributed by atoms with E-state index < -0.39 is 0 Å². The molecule has 0 aliphatic carbocycles. The van der Waals surface area contributed by atoms with Gasteiger partial charge in [-0.25, -0.2) is 9.97 Å². The first-order chi connectivity index (χ1) is 14.3. The van der Waals surface area contributed by atoms with Gasteiger partial charge in [0.1, 0.15) is 0 Å². The third-order valence-corrected chi connectivity index (χ3v) is 5.36. The lowest BCUT2D eigenvalue weighted by molar-refractivity contribution is 0.631. The molecule has 3 aromatic rings. The molecule has 0 aliphatic heterocycles. The molecule has 3 nitrogen and oxygen atoms in total. The summed E-state index contributed by atoms with van der Waals surface area (Å²) in [5.41, 5.74) is 5.71. The maximum Gasteiger partial charge on any atom is 0.160 e. The molecule has 0 N–H and O–H groups in total. The summed E-state index contributed by atoms with van der Waals surface area (Å²) >= 11 is 0. The van der Waals surface area contributed by atoms with Gasteiger partial charge in [-0.2, -0.15) is 0 Å². The highest BCUT2D eigenvalue weighted by atomic mass is 14.9. The minimum atomic E-state index is 0.744. The van der Waals surface area contributed by atoms with Gasteiger partial charge in [-0.05, 0) is 48.9 Å². The minimum Gasteiger partial charge on any atom is -0.255 e. The Labute approximate surface area is 175 Å². The number of benzene rings is 1. The van der Waals surface area contributed by atoms with Crippen LogP contribution in [0.4, 0.5) is 0 Å². The minimum absolute atomic E-state index is 0.744. The van der Waals surface area contributed by atoms with E-state index in [2.05, 4.69) is 65.2 Å². The molecule has 0 fully saturated rings. The Morgan fingerprint density at radius 3 is 1.86 bits per heavy atom. The molecule has 0 unspecified atom stereocenters. The Bertz CT molecular complexity index is 837. The summed E-state index contributed by atoms with van der Waals surface area (Å²) in [6, 6.07) is 12.9. The van der Waals surface area contributed by atoms with E-state index in [1.165, 1.54) is 56.1 Å². The smallest absolute Gasteiger partial charge is 0.160 e. The van der Waals surface area contributed by atoms with Gasteiger partial charge in [-0.1, -0.05) is 70.2 Å². The molecule has 152 valence electrons. The second-order valence-corrected chi connectivity index (χ2v) is 7.81. The quantitative estimate of drug-likeness (QED) is 0.330. The van der Waals surface area contributed by atoms with Crippen molar-refractivity contribution in [3.05, 3.63) is 66.1 Å². The van der Waals surface area contributed by atoms with Crippen LogP contribution in [0.2, 0.25) is 0 Å². The number of hydrogen-bond donors (Lipinski definition) is 0. The van der Waals surface area contributed by atoms with Gasteiger partial charge in [0.05, 0.1) is 5.69 Å². The van der Waals surface area contributed by atoms with E-state index in [0.29, 0.717) is 0 Å². The molecule has 3 heteroatoms. The first-order valence-corrected chi connectivity index (χ1v) is 11.2. The molecule has 0 saturated carbocycles. The van der Waals surface area contributed by atoms with Gasteiger partial charge in [0, 0.05) is 29.7 Å². The van der Waals surface area contributed by atoms with Gasteiger partial charge >= 0.3 is 0 Å². The van der Waals surface area contributed by atoms with Crippen molar-refractivity contribution in [3.8, 4) is 22.6 Å². The molecule has 2 heterocycles. The SMILES string of the molecule is CCCCCCCc1cnc(-c2ccc(-c3ccc(CCCC)cc3)nc2)nc1. The fraction of sp³-hybridized carbons (Fsp3) is 0.423. The van der Waals surface area contributed by atoms with Gasteiger partial charge in [0.2, 0.25) is 0 Å². The molecule has 0 saturated heterocycles. The van der Waals surface area contributed by atoms with Crippen molar-refractivity contribution in [2.45, 2.75) is 71.6 Å². The fourth-order valence-corrected chi connectivity index (χ4v) is 3.49. The summed E-state index contributed by atoms with van der Waals surface area (Å²) in [5, 5.41) is 0. The monoisotopic (exact) mass is 387 g/mol. The molecule has 2 aromatic heterocycles. The van der Waals surface area contributed by atoms with Gasteiger partial charge in [-0.3, -0.25) is 4.98 Å². The van der Waals surface area contributed by atoms with Crippen LogP contribution < -0.4 is 0 Å². The summed E-state index contributed by atoms with van der Waals surface area (Å²) in [7, 11) is 0. The first-order valence-electron chi connectivity index (χ1n) is 11.2. The zero-order valence-corrected chi connectivity index (χ0v) is 17.9. The van der Waals surface area contributed by atoms with Crippen LogP contribution >= 0.6 is 0 Å². The van der Waals surface area contributed by atoms with Crippen LogP contribution in [0.25, 0.3) is 22.6 Å². The Kier molecular flexibility index (Phi) is 8.36.